The van der Waals surface area contributed by atoms with E-state index in [0.717, 1.165) is 0 Å². The minimum Gasteiger partial charge on any atom is -0.485 e. The zero-order chi connectivity index (χ0) is 18.2. The zero-order valence-electron chi connectivity index (χ0n) is 13.0. The maximum absolute atomic E-state index is 12.2. The second-order valence-electron chi connectivity index (χ2n) is 4.83. The van der Waals surface area contributed by atoms with Crippen LogP contribution in [-0.4, -0.2) is 29.4 Å². The summed E-state index contributed by atoms with van der Waals surface area (Å²) < 4.78 is 5.36. The molecule has 6 N–H and O–H groups in total. The molecule has 9 nitrogen and oxygen atoms in total. The maximum Gasteiger partial charge on any atom is 0.335 e. The van der Waals surface area contributed by atoms with Crippen molar-refractivity contribution in [2.24, 2.45) is 16.1 Å². The Labute approximate surface area is 142 Å². The lowest BCUT2D eigenvalue weighted by Gasteiger charge is -2.07. The molecular weight excluding hydrogens is 326 g/mol. The Morgan fingerprint density at radius 1 is 1.16 bits per heavy atom. The molecule has 0 aliphatic rings. The number of carboxylic acid groups (broad SMARTS) is 1. The third-order valence-electron chi connectivity index (χ3n) is 3.15. The first-order chi connectivity index (χ1) is 12.0. The lowest BCUT2D eigenvalue weighted by molar-refractivity contribution is -0.207. The van der Waals surface area contributed by atoms with E-state index in [9.17, 15) is 9.59 Å². The summed E-state index contributed by atoms with van der Waals surface area (Å²) in [6.07, 6.45) is 0. The Morgan fingerprint density at radius 3 is 2.48 bits per heavy atom. The number of anilines is 1. The minimum absolute atomic E-state index is 0.000520. The van der Waals surface area contributed by atoms with Crippen molar-refractivity contribution in [3.8, 4) is 5.75 Å². The fraction of sp³-hybridized carbons (Fsp3) is 0.0625. The average molecular weight is 342 g/mol. The van der Waals surface area contributed by atoms with Gasteiger partial charge in [-0.3, -0.25) is 4.79 Å². The molecule has 0 saturated carbocycles. The van der Waals surface area contributed by atoms with Crippen molar-refractivity contribution in [3.63, 3.8) is 0 Å². The molecule has 0 fully saturated rings. The monoisotopic (exact) mass is 342 g/mol. The van der Waals surface area contributed by atoms with Crippen molar-refractivity contribution in [2.75, 3.05) is 11.9 Å². The van der Waals surface area contributed by atoms with Gasteiger partial charge in [0.05, 0.1) is 5.56 Å². The number of carboxylic acids is 1. The van der Waals surface area contributed by atoms with E-state index in [1.807, 2.05) is 0 Å². The second kappa shape index (κ2) is 8.20. The van der Waals surface area contributed by atoms with Gasteiger partial charge >= 0.3 is 5.97 Å². The van der Waals surface area contributed by atoms with Gasteiger partial charge in [0.2, 0.25) is 0 Å². The highest BCUT2D eigenvalue weighted by atomic mass is 16.5. The Morgan fingerprint density at radius 2 is 1.88 bits per heavy atom. The first kappa shape index (κ1) is 17.6. The Hall–Kier alpha value is -3.75. The number of carbonyl (C=O) groups excluding carboxylic acids is 1. The van der Waals surface area contributed by atoms with Gasteiger partial charge in [-0.1, -0.05) is 6.07 Å². The van der Waals surface area contributed by atoms with Gasteiger partial charge in [-0.2, -0.15) is 10.6 Å². The van der Waals surface area contributed by atoms with Crippen molar-refractivity contribution in [2.45, 2.75) is 0 Å². The molecule has 0 radical (unpaired) electrons. The predicted octanol–water partition coefficient (Wildman–Crippen LogP) is 0.499. The van der Waals surface area contributed by atoms with Crippen molar-refractivity contribution in [1.82, 2.24) is 0 Å². The van der Waals surface area contributed by atoms with Crippen LogP contribution in [0.5, 0.6) is 5.75 Å². The molecule has 2 rings (SSSR count). The summed E-state index contributed by atoms with van der Waals surface area (Å²) in [6.45, 7) is 0.000520. The SMILES string of the molecule is NN=C(COc1ccc(C(=O)Nc2cccc(C(=O)O)c2)cc1)N=[NH2+]. The molecule has 2 aromatic carbocycles. The molecule has 1 amide bonds. The molecule has 0 heterocycles. The number of benzene rings is 2. The standard InChI is InChI=1S/C16H15N5O4/c17-20-14(21-18)9-25-13-6-4-10(5-7-13)15(22)19-12-3-1-2-11(8-12)16(23)24/h1-8,17H,9,18H2,(H,19,22)(H,23,24)/p+1. The zero-order valence-corrected chi connectivity index (χ0v) is 13.0. The van der Waals surface area contributed by atoms with Crippen LogP contribution in [0, 0.1) is 0 Å². The molecule has 0 aromatic heterocycles. The first-order valence-corrected chi connectivity index (χ1v) is 7.08. The number of nitrogens with one attached hydrogen (secondary N) is 1. The van der Waals surface area contributed by atoms with Crippen LogP contribution < -0.4 is 21.4 Å². The van der Waals surface area contributed by atoms with Gasteiger partial charge in [0.1, 0.15) is 5.75 Å². The number of rotatable bonds is 6. The number of nitrogens with zero attached hydrogens (tertiary/aromatic N) is 2. The van der Waals surface area contributed by atoms with Crippen LogP contribution in [0.4, 0.5) is 5.69 Å². The smallest absolute Gasteiger partial charge is 0.335 e. The van der Waals surface area contributed by atoms with Crippen LogP contribution in [0.1, 0.15) is 20.7 Å². The van der Waals surface area contributed by atoms with Crippen LogP contribution in [0.25, 0.3) is 0 Å². The number of amidine groups is 1. The Bertz CT molecular complexity index is 818. The normalized spacial score (nSPS) is 10.8. The van der Waals surface area contributed by atoms with E-state index in [4.69, 9.17) is 21.2 Å². The van der Waals surface area contributed by atoms with E-state index in [0.29, 0.717) is 17.0 Å². The van der Waals surface area contributed by atoms with E-state index < -0.39 is 5.97 Å². The van der Waals surface area contributed by atoms with Crippen molar-refractivity contribution < 1.29 is 25.0 Å². The maximum atomic E-state index is 12.2. The van der Waals surface area contributed by atoms with Crippen LogP contribution in [0.2, 0.25) is 0 Å². The number of ether oxygens (including phenoxy) is 1. The number of amides is 1. The Balaban J connectivity index is 2.02. The van der Waals surface area contributed by atoms with Gasteiger partial charge in [-0.25, -0.2) is 4.79 Å². The number of carbonyl (C=O) groups is 2. The summed E-state index contributed by atoms with van der Waals surface area (Å²) in [4.78, 5) is 23.1. The molecule has 0 aliphatic carbocycles. The lowest BCUT2D eigenvalue weighted by Crippen LogP contribution is -2.29. The van der Waals surface area contributed by atoms with Gasteiger partial charge < -0.3 is 21.0 Å². The highest BCUT2D eigenvalue weighted by Crippen LogP contribution is 2.15. The van der Waals surface area contributed by atoms with E-state index in [1.165, 1.54) is 12.1 Å². The number of hydrogen-bond acceptors (Lipinski definition) is 5. The number of hydrazone groups is 1. The third-order valence-corrected chi connectivity index (χ3v) is 3.15. The van der Waals surface area contributed by atoms with Gasteiger partial charge in [0, 0.05) is 16.4 Å². The topological polar surface area (TPSA) is 152 Å². The molecule has 25 heavy (non-hydrogen) atoms. The second-order valence-corrected chi connectivity index (χ2v) is 4.83. The number of hydrogen-bond donors (Lipinski definition) is 4. The van der Waals surface area contributed by atoms with Crippen LogP contribution in [-0.2, 0) is 0 Å². The quantitative estimate of drug-likeness (QED) is 0.198. The van der Waals surface area contributed by atoms with Crippen molar-refractivity contribution in [1.29, 1.82) is 0 Å². The van der Waals surface area contributed by atoms with Crippen molar-refractivity contribution >= 4 is 23.4 Å². The molecule has 0 spiro atoms. The molecule has 0 bridgehead atoms. The van der Waals surface area contributed by atoms with Gasteiger partial charge in [0.25, 0.3) is 11.7 Å². The molecule has 2 aromatic rings. The molecule has 9 heteroatoms. The highest BCUT2D eigenvalue weighted by molar-refractivity contribution is 6.04. The van der Waals surface area contributed by atoms with E-state index in [1.54, 1.807) is 36.4 Å². The van der Waals surface area contributed by atoms with Gasteiger partial charge in [0.15, 0.2) is 6.61 Å². The third kappa shape index (κ3) is 4.86. The van der Waals surface area contributed by atoms with Crippen molar-refractivity contribution in [3.05, 3.63) is 59.7 Å². The van der Waals surface area contributed by atoms with Gasteiger partial charge in [-0.05, 0) is 42.5 Å². The fourth-order valence-corrected chi connectivity index (χ4v) is 1.89. The predicted molar refractivity (Wildman–Crippen MR) is 89.3 cm³/mol. The summed E-state index contributed by atoms with van der Waals surface area (Å²) in [5.74, 6) is 4.23. The number of nitrogens with two attached hydrogens (primary N) is 2. The summed E-state index contributed by atoms with van der Waals surface area (Å²) in [5, 5.41) is 18.2. The van der Waals surface area contributed by atoms with Crippen LogP contribution in [0.15, 0.2) is 58.7 Å². The molecule has 128 valence electrons. The minimum atomic E-state index is -1.07. The molecule has 0 aliphatic heterocycles. The lowest BCUT2D eigenvalue weighted by atomic mass is 10.1. The van der Waals surface area contributed by atoms with E-state index in [2.05, 4.69) is 15.5 Å². The molecule has 0 saturated heterocycles. The fourth-order valence-electron chi connectivity index (χ4n) is 1.89. The summed E-state index contributed by atoms with van der Waals surface area (Å²) in [6, 6.07) is 12.3. The summed E-state index contributed by atoms with van der Waals surface area (Å²) >= 11 is 0. The molecular formula is C16H16N5O4+. The summed E-state index contributed by atoms with van der Waals surface area (Å²) in [5.41, 5.74) is 5.91. The molecule has 0 unspecified atom stereocenters. The number of aromatic carboxylic acids is 1. The molecule has 0 atom stereocenters. The largest absolute Gasteiger partial charge is 0.485 e. The Kier molecular flexibility index (Phi) is 5.77. The van der Waals surface area contributed by atoms with Crippen LogP contribution >= 0.6 is 0 Å². The average Bonchev–Trinajstić information content (AvgIpc) is 2.63. The first-order valence-electron chi connectivity index (χ1n) is 7.08. The van der Waals surface area contributed by atoms with E-state index >= 15 is 0 Å². The summed E-state index contributed by atoms with van der Waals surface area (Å²) in [7, 11) is 0. The van der Waals surface area contributed by atoms with Crippen LogP contribution in [0.3, 0.4) is 0 Å². The van der Waals surface area contributed by atoms with Gasteiger partial charge in [-0.15, -0.1) is 0 Å². The highest BCUT2D eigenvalue weighted by Gasteiger charge is 2.09. The van der Waals surface area contributed by atoms with E-state index in [-0.39, 0.29) is 23.9 Å².